The molecule has 0 aliphatic rings. The van der Waals surface area contributed by atoms with Crippen LogP contribution in [0.1, 0.15) is 37.7 Å². The summed E-state index contributed by atoms with van der Waals surface area (Å²) in [4.78, 5) is 11.5. The summed E-state index contributed by atoms with van der Waals surface area (Å²) in [5.74, 6) is -0.233. The fourth-order valence-electron chi connectivity index (χ4n) is 1.82. The monoisotopic (exact) mass is 224 g/mol. The SMILES string of the molecule is CCc1c(C)nn(CC(=O)OC(C)C)c1C. The van der Waals surface area contributed by atoms with Crippen molar-refractivity contribution < 1.29 is 9.53 Å². The molecule has 0 aliphatic carbocycles. The topological polar surface area (TPSA) is 44.1 Å². The second kappa shape index (κ2) is 5.14. The van der Waals surface area contributed by atoms with Gasteiger partial charge in [0.05, 0.1) is 11.8 Å². The molecular weight excluding hydrogens is 204 g/mol. The zero-order valence-corrected chi connectivity index (χ0v) is 10.7. The van der Waals surface area contributed by atoms with Crippen LogP contribution >= 0.6 is 0 Å². The highest BCUT2D eigenvalue weighted by atomic mass is 16.5. The van der Waals surface area contributed by atoms with Crippen molar-refractivity contribution in [1.29, 1.82) is 0 Å². The first-order chi connectivity index (χ1) is 7.45. The number of rotatable bonds is 4. The summed E-state index contributed by atoms with van der Waals surface area (Å²) in [7, 11) is 0. The lowest BCUT2D eigenvalue weighted by Gasteiger charge is -2.08. The van der Waals surface area contributed by atoms with Gasteiger partial charge >= 0.3 is 5.97 Å². The van der Waals surface area contributed by atoms with Crippen molar-refractivity contribution in [2.75, 3.05) is 0 Å². The Morgan fingerprint density at radius 1 is 1.44 bits per heavy atom. The Morgan fingerprint density at radius 2 is 2.06 bits per heavy atom. The van der Waals surface area contributed by atoms with Gasteiger partial charge in [0.25, 0.3) is 0 Å². The first kappa shape index (κ1) is 12.7. The van der Waals surface area contributed by atoms with Crippen LogP contribution in [-0.2, 0) is 22.5 Å². The fourth-order valence-corrected chi connectivity index (χ4v) is 1.82. The lowest BCUT2D eigenvalue weighted by Crippen LogP contribution is -2.19. The maximum Gasteiger partial charge on any atom is 0.328 e. The molecule has 1 rings (SSSR count). The van der Waals surface area contributed by atoms with Gasteiger partial charge in [-0.25, -0.2) is 0 Å². The van der Waals surface area contributed by atoms with E-state index in [1.807, 2.05) is 27.7 Å². The zero-order valence-electron chi connectivity index (χ0n) is 10.7. The van der Waals surface area contributed by atoms with Crippen molar-refractivity contribution in [3.63, 3.8) is 0 Å². The molecule has 0 aliphatic heterocycles. The molecule has 0 spiro atoms. The molecule has 16 heavy (non-hydrogen) atoms. The van der Waals surface area contributed by atoms with E-state index >= 15 is 0 Å². The van der Waals surface area contributed by atoms with Crippen molar-refractivity contribution in [2.24, 2.45) is 0 Å². The lowest BCUT2D eigenvalue weighted by atomic mass is 10.1. The Balaban J connectivity index is 2.78. The molecule has 0 saturated heterocycles. The number of ether oxygens (including phenoxy) is 1. The van der Waals surface area contributed by atoms with E-state index in [1.165, 1.54) is 5.56 Å². The summed E-state index contributed by atoms with van der Waals surface area (Å²) in [5, 5.41) is 4.34. The average Bonchev–Trinajstić information content (AvgIpc) is 2.40. The van der Waals surface area contributed by atoms with Crippen molar-refractivity contribution in [3.05, 3.63) is 17.0 Å². The molecular formula is C12H20N2O2. The molecule has 90 valence electrons. The number of hydrogen-bond acceptors (Lipinski definition) is 3. The molecule has 0 radical (unpaired) electrons. The molecule has 0 fully saturated rings. The summed E-state index contributed by atoms with van der Waals surface area (Å²) in [6, 6.07) is 0. The van der Waals surface area contributed by atoms with Crippen LogP contribution in [-0.4, -0.2) is 21.9 Å². The Hall–Kier alpha value is -1.32. The molecule has 0 N–H and O–H groups in total. The van der Waals surface area contributed by atoms with Gasteiger partial charge in [-0.1, -0.05) is 6.92 Å². The number of carbonyl (C=O) groups is 1. The minimum atomic E-state index is -0.233. The third-order valence-corrected chi connectivity index (χ3v) is 2.53. The standard InChI is InChI=1S/C12H20N2O2/c1-6-11-9(4)13-14(10(11)5)7-12(15)16-8(2)3/h8H,6-7H2,1-5H3. The number of aryl methyl sites for hydroxylation is 1. The number of hydrogen-bond donors (Lipinski definition) is 0. The van der Waals surface area contributed by atoms with E-state index in [-0.39, 0.29) is 18.6 Å². The molecule has 1 aromatic heterocycles. The summed E-state index contributed by atoms with van der Waals surface area (Å²) < 4.78 is 6.81. The minimum Gasteiger partial charge on any atom is -0.462 e. The van der Waals surface area contributed by atoms with Gasteiger partial charge < -0.3 is 4.74 Å². The Bertz CT molecular complexity index is 381. The third-order valence-electron chi connectivity index (χ3n) is 2.53. The minimum absolute atomic E-state index is 0.0740. The summed E-state index contributed by atoms with van der Waals surface area (Å²) >= 11 is 0. The summed E-state index contributed by atoms with van der Waals surface area (Å²) in [6.07, 6.45) is 0.867. The van der Waals surface area contributed by atoms with Crippen molar-refractivity contribution in [2.45, 2.75) is 53.7 Å². The molecule has 0 unspecified atom stereocenters. The van der Waals surface area contributed by atoms with Gasteiger partial charge in [0, 0.05) is 5.69 Å². The normalized spacial score (nSPS) is 10.9. The van der Waals surface area contributed by atoms with Crippen LogP contribution in [0.25, 0.3) is 0 Å². The van der Waals surface area contributed by atoms with Crippen LogP contribution in [0.4, 0.5) is 0 Å². The first-order valence-electron chi connectivity index (χ1n) is 5.68. The number of carbonyl (C=O) groups excluding carboxylic acids is 1. The van der Waals surface area contributed by atoms with E-state index in [1.54, 1.807) is 4.68 Å². The average molecular weight is 224 g/mol. The van der Waals surface area contributed by atoms with E-state index < -0.39 is 0 Å². The second-order valence-electron chi connectivity index (χ2n) is 4.20. The van der Waals surface area contributed by atoms with Crippen LogP contribution in [0.2, 0.25) is 0 Å². The maximum absolute atomic E-state index is 11.5. The van der Waals surface area contributed by atoms with Gasteiger partial charge in [-0.3, -0.25) is 9.48 Å². The zero-order chi connectivity index (χ0) is 12.3. The largest absolute Gasteiger partial charge is 0.462 e. The predicted octanol–water partition coefficient (Wildman–Crippen LogP) is 2.01. The lowest BCUT2D eigenvalue weighted by molar-refractivity contribution is -0.148. The van der Waals surface area contributed by atoms with E-state index in [4.69, 9.17) is 4.74 Å². The smallest absolute Gasteiger partial charge is 0.328 e. The summed E-state index contributed by atoms with van der Waals surface area (Å²) in [6.45, 7) is 9.93. The highest BCUT2D eigenvalue weighted by Gasteiger charge is 2.13. The molecule has 0 saturated carbocycles. The van der Waals surface area contributed by atoms with Gasteiger partial charge in [0.2, 0.25) is 0 Å². The molecule has 4 nitrogen and oxygen atoms in total. The molecule has 4 heteroatoms. The second-order valence-corrected chi connectivity index (χ2v) is 4.20. The van der Waals surface area contributed by atoms with Crippen LogP contribution in [0, 0.1) is 13.8 Å². The van der Waals surface area contributed by atoms with E-state index in [9.17, 15) is 4.79 Å². The fraction of sp³-hybridized carbons (Fsp3) is 0.667. The van der Waals surface area contributed by atoms with Gasteiger partial charge in [-0.05, 0) is 39.7 Å². The Labute approximate surface area is 96.6 Å². The Kier molecular flexibility index (Phi) is 4.10. The van der Waals surface area contributed by atoms with Crippen LogP contribution < -0.4 is 0 Å². The van der Waals surface area contributed by atoms with Crippen LogP contribution in [0.5, 0.6) is 0 Å². The van der Waals surface area contributed by atoms with Gasteiger partial charge in [-0.15, -0.1) is 0 Å². The first-order valence-corrected chi connectivity index (χ1v) is 5.68. The Morgan fingerprint density at radius 3 is 2.50 bits per heavy atom. The van der Waals surface area contributed by atoms with Crippen molar-refractivity contribution in [3.8, 4) is 0 Å². The third kappa shape index (κ3) is 2.84. The quantitative estimate of drug-likeness (QED) is 0.735. The predicted molar refractivity (Wildman–Crippen MR) is 62.3 cm³/mol. The van der Waals surface area contributed by atoms with Crippen LogP contribution in [0.3, 0.4) is 0 Å². The van der Waals surface area contributed by atoms with E-state index in [0.29, 0.717) is 0 Å². The highest BCUT2D eigenvalue weighted by Crippen LogP contribution is 2.13. The van der Waals surface area contributed by atoms with Gasteiger partial charge in [0.1, 0.15) is 6.54 Å². The van der Waals surface area contributed by atoms with Crippen molar-refractivity contribution in [1.82, 2.24) is 9.78 Å². The van der Waals surface area contributed by atoms with E-state index in [0.717, 1.165) is 17.8 Å². The molecule has 0 amide bonds. The van der Waals surface area contributed by atoms with Gasteiger partial charge in [-0.2, -0.15) is 5.10 Å². The number of nitrogens with zero attached hydrogens (tertiary/aromatic N) is 2. The summed E-state index contributed by atoms with van der Waals surface area (Å²) in [5.41, 5.74) is 3.27. The van der Waals surface area contributed by atoms with Gasteiger partial charge in [0.15, 0.2) is 0 Å². The maximum atomic E-state index is 11.5. The number of aromatic nitrogens is 2. The van der Waals surface area contributed by atoms with Crippen LogP contribution in [0.15, 0.2) is 0 Å². The van der Waals surface area contributed by atoms with E-state index in [2.05, 4.69) is 12.0 Å². The highest BCUT2D eigenvalue weighted by molar-refractivity contribution is 5.69. The number of esters is 1. The molecule has 1 heterocycles. The van der Waals surface area contributed by atoms with Crippen molar-refractivity contribution >= 4 is 5.97 Å². The molecule has 1 aromatic rings. The molecule has 0 bridgehead atoms. The molecule has 0 aromatic carbocycles. The molecule has 0 atom stereocenters.